The van der Waals surface area contributed by atoms with Gasteiger partial charge in [-0.1, -0.05) is 58.4 Å². The topological polar surface area (TPSA) is 111 Å². The standard InChI is InChI=1S/C26H26BrN3O6/c1-28-26(32)23(14-18-6-4-3-5-7-18)29(16-19-8-10-20(27)11-9-19)25(31)17-36-21-12-13-22(30(33)34)24(15-21)35-2/h3-13,15,23H,14,16-17H2,1-2H3,(H,28,32)/t23-/m1/s1. The number of benzene rings is 3. The molecule has 2 amide bonds. The molecule has 0 unspecified atom stereocenters. The molecule has 0 fully saturated rings. The Morgan fingerprint density at radius 2 is 1.75 bits per heavy atom. The number of hydrogen-bond acceptors (Lipinski definition) is 6. The Labute approximate surface area is 217 Å². The van der Waals surface area contributed by atoms with Crippen LogP contribution in [-0.2, 0) is 22.6 Å². The summed E-state index contributed by atoms with van der Waals surface area (Å²) in [4.78, 5) is 38.4. The number of methoxy groups -OCH3 is 1. The largest absolute Gasteiger partial charge is 0.490 e. The third-order valence-corrected chi connectivity index (χ3v) is 6.02. The summed E-state index contributed by atoms with van der Waals surface area (Å²) in [6.07, 6.45) is 0.314. The van der Waals surface area contributed by atoms with E-state index in [1.165, 1.54) is 37.3 Å². The monoisotopic (exact) mass is 555 g/mol. The smallest absolute Gasteiger partial charge is 0.311 e. The van der Waals surface area contributed by atoms with Gasteiger partial charge in [0.1, 0.15) is 11.8 Å². The number of nitrogens with one attached hydrogen (secondary N) is 1. The van der Waals surface area contributed by atoms with E-state index in [1.807, 2.05) is 54.6 Å². The number of nitro groups is 1. The average molecular weight is 556 g/mol. The molecule has 0 aliphatic rings. The van der Waals surface area contributed by atoms with E-state index < -0.39 is 16.9 Å². The summed E-state index contributed by atoms with van der Waals surface area (Å²) in [6, 6.07) is 20.1. The van der Waals surface area contributed by atoms with Crippen molar-refractivity contribution >= 4 is 33.4 Å². The maximum Gasteiger partial charge on any atom is 0.311 e. The summed E-state index contributed by atoms with van der Waals surface area (Å²) in [5, 5.41) is 13.8. The zero-order valence-corrected chi connectivity index (χ0v) is 21.4. The third-order valence-electron chi connectivity index (χ3n) is 5.49. The van der Waals surface area contributed by atoms with Crippen LogP contribution in [0, 0.1) is 10.1 Å². The van der Waals surface area contributed by atoms with E-state index >= 15 is 0 Å². The first-order valence-corrected chi connectivity index (χ1v) is 11.9. The fraction of sp³-hybridized carbons (Fsp3) is 0.231. The van der Waals surface area contributed by atoms with Gasteiger partial charge in [0.15, 0.2) is 6.61 Å². The zero-order chi connectivity index (χ0) is 26.1. The van der Waals surface area contributed by atoms with Gasteiger partial charge in [-0.15, -0.1) is 0 Å². The Balaban J connectivity index is 1.87. The highest BCUT2D eigenvalue weighted by molar-refractivity contribution is 9.10. The molecule has 0 saturated carbocycles. The van der Waals surface area contributed by atoms with Crippen molar-refractivity contribution in [2.45, 2.75) is 19.0 Å². The van der Waals surface area contributed by atoms with Crippen molar-refractivity contribution in [2.75, 3.05) is 20.8 Å². The molecule has 0 saturated heterocycles. The third kappa shape index (κ3) is 7.05. The molecule has 0 heterocycles. The van der Waals surface area contributed by atoms with Crippen molar-refractivity contribution in [3.63, 3.8) is 0 Å². The van der Waals surface area contributed by atoms with Crippen molar-refractivity contribution in [3.8, 4) is 11.5 Å². The maximum absolute atomic E-state index is 13.4. The van der Waals surface area contributed by atoms with Gasteiger partial charge in [0, 0.05) is 36.6 Å². The van der Waals surface area contributed by atoms with Gasteiger partial charge in [-0.25, -0.2) is 0 Å². The van der Waals surface area contributed by atoms with Gasteiger partial charge >= 0.3 is 5.69 Å². The minimum absolute atomic E-state index is 0.0176. The number of ether oxygens (including phenoxy) is 2. The fourth-order valence-corrected chi connectivity index (χ4v) is 3.90. The summed E-state index contributed by atoms with van der Waals surface area (Å²) < 4.78 is 11.6. The summed E-state index contributed by atoms with van der Waals surface area (Å²) in [7, 11) is 2.84. The number of rotatable bonds is 11. The van der Waals surface area contributed by atoms with Gasteiger partial charge < -0.3 is 19.7 Å². The lowest BCUT2D eigenvalue weighted by molar-refractivity contribution is -0.385. The molecule has 188 valence electrons. The van der Waals surface area contributed by atoms with Crippen LogP contribution in [-0.4, -0.2) is 48.4 Å². The molecule has 3 rings (SSSR count). The van der Waals surface area contributed by atoms with Gasteiger partial charge in [0.2, 0.25) is 11.7 Å². The Morgan fingerprint density at radius 1 is 1.06 bits per heavy atom. The van der Waals surface area contributed by atoms with Gasteiger partial charge in [0.05, 0.1) is 12.0 Å². The average Bonchev–Trinajstić information content (AvgIpc) is 2.90. The molecule has 1 atom stereocenters. The number of likely N-dealkylation sites (N-methyl/N-ethyl adjacent to an activating group) is 1. The van der Waals surface area contributed by atoms with Gasteiger partial charge in [-0.2, -0.15) is 0 Å². The highest BCUT2D eigenvalue weighted by atomic mass is 79.9. The summed E-state index contributed by atoms with van der Waals surface area (Å²) in [5.74, 6) is -0.473. The SMILES string of the molecule is CNC(=O)[C@@H](Cc1ccccc1)N(Cc1ccc(Br)cc1)C(=O)COc1ccc([N+](=O)[O-])c(OC)c1. The van der Waals surface area contributed by atoms with Crippen LogP contribution < -0.4 is 14.8 Å². The number of halogens is 1. The number of nitrogens with zero attached hydrogens (tertiary/aromatic N) is 2. The molecule has 0 aliphatic carbocycles. The van der Waals surface area contributed by atoms with Gasteiger partial charge in [0.25, 0.3) is 5.91 Å². The van der Waals surface area contributed by atoms with Crippen molar-refractivity contribution in [1.82, 2.24) is 10.2 Å². The van der Waals surface area contributed by atoms with Gasteiger partial charge in [-0.05, 0) is 29.3 Å². The number of nitro benzene ring substituents is 1. The minimum atomic E-state index is -0.788. The number of carbonyl (C=O) groups is 2. The second-order valence-electron chi connectivity index (χ2n) is 7.85. The van der Waals surface area contributed by atoms with Crippen molar-refractivity contribution in [1.29, 1.82) is 0 Å². The number of amides is 2. The van der Waals surface area contributed by atoms with E-state index in [0.29, 0.717) is 6.42 Å². The fourth-order valence-electron chi connectivity index (χ4n) is 3.63. The first kappa shape index (κ1) is 26.7. The lowest BCUT2D eigenvalue weighted by atomic mass is 10.0. The van der Waals surface area contributed by atoms with Crippen LogP contribution in [0.3, 0.4) is 0 Å². The first-order chi connectivity index (χ1) is 17.3. The summed E-state index contributed by atoms with van der Waals surface area (Å²) in [5.41, 5.74) is 1.53. The molecule has 0 aliphatic heterocycles. The van der Waals surface area contributed by atoms with Crippen LogP contribution in [0.25, 0.3) is 0 Å². The molecule has 0 aromatic heterocycles. The Bertz CT molecular complexity index is 1200. The molecule has 36 heavy (non-hydrogen) atoms. The van der Waals surface area contributed by atoms with E-state index in [4.69, 9.17) is 9.47 Å². The predicted octanol–water partition coefficient (Wildman–Crippen LogP) is 4.13. The minimum Gasteiger partial charge on any atom is -0.490 e. The zero-order valence-electron chi connectivity index (χ0n) is 19.8. The van der Waals surface area contributed by atoms with Crippen molar-refractivity contribution in [2.24, 2.45) is 0 Å². The molecule has 3 aromatic rings. The Kier molecular flexibility index (Phi) is 9.40. The number of hydrogen-bond donors (Lipinski definition) is 1. The second-order valence-corrected chi connectivity index (χ2v) is 8.76. The van der Waals surface area contributed by atoms with Crippen LogP contribution in [0.4, 0.5) is 5.69 Å². The molecule has 1 N–H and O–H groups in total. The van der Waals surface area contributed by atoms with E-state index in [2.05, 4.69) is 21.2 Å². The molecule has 0 spiro atoms. The van der Waals surface area contributed by atoms with E-state index in [1.54, 1.807) is 0 Å². The Morgan fingerprint density at radius 3 is 2.36 bits per heavy atom. The molecule has 10 heteroatoms. The van der Waals surface area contributed by atoms with Crippen molar-refractivity contribution < 1.29 is 24.0 Å². The lowest BCUT2D eigenvalue weighted by Gasteiger charge is -2.31. The molecule has 3 aromatic carbocycles. The highest BCUT2D eigenvalue weighted by Crippen LogP contribution is 2.30. The van der Waals surface area contributed by atoms with E-state index in [0.717, 1.165) is 15.6 Å². The van der Waals surface area contributed by atoms with Gasteiger partial charge in [-0.3, -0.25) is 19.7 Å². The van der Waals surface area contributed by atoms with Crippen LogP contribution in [0.5, 0.6) is 11.5 Å². The van der Waals surface area contributed by atoms with Crippen molar-refractivity contribution in [3.05, 3.63) is 98.5 Å². The summed E-state index contributed by atoms with van der Waals surface area (Å²) in [6.45, 7) is -0.191. The lowest BCUT2D eigenvalue weighted by Crippen LogP contribution is -2.51. The molecule has 0 bridgehead atoms. The van der Waals surface area contributed by atoms with Crippen LogP contribution in [0.1, 0.15) is 11.1 Å². The van der Waals surface area contributed by atoms with Crippen LogP contribution in [0.15, 0.2) is 77.3 Å². The number of carbonyl (C=O) groups excluding carboxylic acids is 2. The van der Waals surface area contributed by atoms with Crippen LogP contribution >= 0.6 is 15.9 Å². The first-order valence-electron chi connectivity index (χ1n) is 11.1. The molecule has 9 nitrogen and oxygen atoms in total. The quantitative estimate of drug-likeness (QED) is 0.281. The molecular weight excluding hydrogens is 530 g/mol. The maximum atomic E-state index is 13.4. The molecule has 0 radical (unpaired) electrons. The Hall–Kier alpha value is -3.92. The van der Waals surface area contributed by atoms with Crippen LogP contribution in [0.2, 0.25) is 0 Å². The molecular formula is C26H26BrN3O6. The predicted molar refractivity (Wildman–Crippen MR) is 138 cm³/mol. The van der Waals surface area contributed by atoms with E-state index in [9.17, 15) is 19.7 Å². The highest BCUT2D eigenvalue weighted by Gasteiger charge is 2.30. The van der Waals surface area contributed by atoms with E-state index in [-0.39, 0.29) is 36.2 Å². The summed E-state index contributed by atoms with van der Waals surface area (Å²) >= 11 is 3.41. The second kappa shape index (κ2) is 12.7. The normalized spacial score (nSPS) is 11.3.